The molecule has 5 nitrogen and oxygen atoms in total. The number of likely N-dealkylation sites (N-methyl/N-ethyl adjacent to an activating group) is 1. The summed E-state index contributed by atoms with van der Waals surface area (Å²) in [4.78, 5) is 13.9. The third-order valence-corrected chi connectivity index (χ3v) is 5.92. The molecular weight excluding hydrogens is 350 g/mol. The van der Waals surface area contributed by atoms with Gasteiger partial charge < -0.3 is 20.3 Å². The molecule has 0 fully saturated rings. The second kappa shape index (κ2) is 8.23. The number of nitrogens with zero attached hydrogens (tertiary/aromatic N) is 1. The molecule has 1 atom stereocenters. The van der Waals surface area contributed by atoms with Gasteiger partial charge in [0, 0.05) is 13.1 Å². The Morgan fingerprint density at radius 2 is 2.11 bits per heavy atom. The zero-order valence-electron chi connectivity index (χ0n) is 16.8. The number of fused-ring (bicyclic) bond motifs is 2. The van der Waals surface area contributed by atoms with Crippen molar-refractivity contribution in [1.82, 2.24) is 4.90 Å². The Kier molecular flexibility index (Phi) is 5.53. The summed E-state index contributed by atoms with van der Waals surface area (Å²) >= 11 is 0. The van der Waals surface area contributed by atoms with Crippen LogP contribution in [0.3, 0.4) is 0 Å². The van der Waals surface area contributed by atoms with Gasteiger partial charge in [-0.2, -0.15) is 0 Å². The number of amides is 1. The minimum atomic E-state index is 0.0179. The van der Waals surface area contributed by atoms with Gasteiger partial charge in [0.2, 0.25) is 5.91 Å². The molecular formula is C23H29N3O2. The molecule has 0 saturated carbocycles. The van der Waals surface area contributed by atoms with Crippen LogP contribution in [-0.2, 0) is 17.6 Å². The van der Waals surface area contributed by atoms with Crippen molar-refractivity contribution in [1.29, 1.82) is 0 Å². The minimum Gasteiger partial charge on any atom is -0.496 e. The SMILES string of the molecule is COc1cccc2c1CCCC2CN(C)CCc1ccc2c(c1)NCC(=O)N2. The highest BCUT2D eigenvalue weighted by Gasteiger charge is 2.23. The summed E-state index contributed by atoms with van der Waals surface area (Å²) in [5.41, 5.74) is 6.05. The van der Waals surface area contributed by atoms with Crippen molar-refractivity contribution >= 4 is 17.3 Å². The van der Waals surface area contributed by atoms with Gasteiger partial charge in [-0.1, -0.05) is 18.2 Å². The molecule has 2 aromatic rings. The van der Waals surface area contributed by atoms with E-state index in [0.29, 0.717) is 12.5 Å². The predicted octanol–water partition coefficient (Wildman–Crippen LogP) is 3.65. The fourth-order valence-corrected chi connectivity index (χ4v) is 4.45. The van der Waals surface area contributed by atoms with Gasteiger partial charge >= 0.3 is 0 Å². The van der Waals surface area contributed by atoms with E-state index in [1.807, 2.05) is 6.07 Å². The standard InChI is InChI=1S/C23H29N3O2/c1-26(12-11-16-9-10-20-21(13-16)24-14-23(27)25-20)15-17-5-3-7-19-18(17)6-4-8-22(19)28-2/h4,6,8-10,13,17,24H,3,5,7,11-12,14-15H2,1-2H3,(H,25,27). The second-order valence-electron chi connectivity index (χ2n) is 7.91. The Balaban J connectivity index is 1.37. The number of hydrogen-bond donors (Lipinski definition) is 2. The first-order valence-corrected chi connectivity index (χ1v) is 10.1. The van der Waals surface area contributed by atoms with Gasteiger partial charge in [0.1, 0.15) is 5.75 Å². The van der Waals surface area contributed by atoms with Crippen LogP contribution < -0.4 is 15.4 Å². The molecule has 2 aromatic carbocycles. The second-order valence-corrected chi connectivity index (χ2v) is 7.91. The summed E-state index contributed by atoms with van der Waals surface area (Å²) < 4.78 is 5.58. The highest BCUT2D eigenvalue weighted by atomic mass is 16.5. The fourth-order valence-electron chi connectivity index (χ4n) is 4.45. The molecule has 0 radical (unpaired) electrons. The molecule has 28 heavy (non-hydrogen) atoms. The molecule has 148 valence electrons. The average molecular weight is 380 g/mol. The summed E-state index contributed by atoms with van der Waals surface area (Å²) in [6.07, 6.45) is 4.59. The lowest BCUT2D eigenvalue weighted by atomic mass is 9.82. The van der Waals surface area contributed by atoms with Gasteiger partial charge in [-0.25, -0.2) is 0 Å². The highest BCUT2D eigenvalue weighted by Crippen LogP contribution is 2.37. The van der Waals surface area contributed by atoms with Crippen molar-refractivity contribution in [2.75, 3.05) is 44.4 Å². The molecule has 1 aliphatic heterocycles. The molecule has 2 aliphatic rings. The number of nitrogens with one attached hydrogen (secondary N) is 2. The number of hydrogen-bond acceptors (Lipinski definition) is 4. The lowest BCUT2D eigenvalue weighted by Gasteiger charge is -2.30. The molecule has 1 heterocycles. The van der Waals surface area contributed by atoms with E-state index in [2.05, 4.69) is 52.9 Å². The van der Waals surface area contributed by atoms with Gasteiger partial charge in [0.05, 0.1) is 25.0 Å². The summed E-state index contributed by atoms with van der Waals surface area (Å²) in [5, 5.41) is 6.09. The number of ether oxygens (including phenoxy) is 1. The smallest absolute Gasteiger partial charge is 0.243 e. The van der Waals surface area contributed by atoms with E-state index in [1.165, 1.54) is 29.5 Å². The van der Waals surface area contributed by atoms with Crippen LogP contribution in [0.15, 0.2) is 36.4 Å². The Labute approximate surface area is 167 Å². The van der Waals surface area contributed by atoms with Crippen LogP contribution in [0, 0.1) is 0 Å². The number of carbonyl (C=O) groups is 1. The molecule has 1 amide bonds. The van der Waals surface area contributed by atoms with E-state index in [0.717, 1.165) is 43.1 Å². The molecule has 0 aromatic heterocycles. The lowest BCUT2D eigenvalue weighted by Crippen LogP contribution is -2.29. The largest absolute Gasteiger partial charge is 0.496 e. The number of benzene rings is 2. The van der Waals surface area contributed by atoms with Crippen LogP contribution in [0.2, 0.25) is 0 Å². The third-order valence-electron chi connectivity index (χ3n) is 5.92. The maximum Gasteiger partial charge on any atom is 0.243 e. The minimum absolute atomic E-state index is 0.0179. The molecule has 4 rings (SSSR count). The summed E-state index contributed by atoms with van der Waals surface area (Å²) in [5.74, 6) is 1.63. The maximum absolute atomic E-state index is 11.5. The van der Waals surface area contributed by atoms with Crippen molar-refractivity contribution in [2.24, 2.45) is 0 Å². The van der Waals surface area contributed by atoms with Gasteiger partial charge in [-0.15, -0.1) is 0 Å². The predicted molar refractivity (Wildman–Crippen MR) is 113 cm³/mol. The van der Waals surface area contributed by atoms with Gasteiger partial charge in [-0.3, -0.25) is 4.79 Å². The van der Waals surface area contributed by atoms with Crippen LogP contribution >= 0.6 is 0 Å². The fraction of sp³-hybridized carbons (Fsp3) is 0.435. The molecule has 5 heteroatoms. The Morgan fingerprint density at radius 3 is 2.96 bits per heavy atom. The average Bonchev–Trinajstić information content (AvgIpc) is 2.72. The first-order chi connectivity index (χ1) is 13.6. The quantitative estimate of drug-likeness (QED) is 0.804. The van der Waals surface area contributed by atoms with Crippen molar-refractivity contribution in [3.05, 3.63) is 53.1 Å². The van der Waals surface area contributed by atoms with Crippen LogP contribution in [0.5, 0.6) is 5.75 Å². The van der Waals surface area contributed by atoms with Gasteiger partial charge in [0.15, 0.2) is 0 Å². The first kappa shape index (κ1) is 18.8. The van der Waals surface area contributed by atoms with E-state index >= 15 is 0 Å². The van der Waals surface area contributed by atoms with Crippen LogP contribution in [-0.4, -0.2) is 44.6 Å². The zero-order valence-corrected chi connectivity index (χ0v) is 16.8. The number of methoxy groups -OCH3 is 1. The molecule has 1 unspecified atom stereocenters. The number of carbonyl (C=O) groups excluding carboxylic acids is 1. The van der Waals surface area contributed by atoms with Crippen molar-refractivity contribution in [3.63, 3.8) is 0 Å². The van der Waals surface area contributed by atoms with E-state index in [9.17, 15) is 4.79 Å². The maximum atomic E-state index is 11.5. The summed E-state index contributed by atoms with van der Waals surface area (Å²) in [6, 6.07) is 12.7. The van der Waals surface area contributed by atoms with E-state index in [1.54, 1.807) is 7.11 Å². The normalized spacial score (nSPS) is 18.1. The van der Waals surface area contributed by atoms with E-state index in [4.69, 9.17) is 4.74 Å². The monoisotopic (exact) mass is 379 g/mol. The Bertz CT molecular complexity index is 865. The molecule has 0 bridgehead atoms. The van der Waals surface area contributed by atoms with Crippen LogP contribution in [0.4, 0.5) is 11.4 Å². The highest BCUT2D eigenvalue weighted by molar-refractivity contribution is 6.00. The molecule has 0 spiro atoms. The van der Waals surface area contributed by atoms with Crippen molar-refractivity contribution < 1.29 is 9.53 Å². The number of rotatable bonds is 6. The summed E-state index contributed by atoms with van der Waals surface area (Å²) in [6.45, 7) is 2.43. The van der Waals surface area contributed by atoms with Crippen molar-refractivity contribution in [3.8, 4) is 5.75 Å². The lowest BCUT2D eigenvalue weighted by molar-refractivity contribution is -0.114. The Morgan fingerprint density at radius 1 is 1.21 bits per heavy atom. The topological polar surface area (TPSA) is 53.6 Å². The zero-order chi connectivity index (χ0) is 19.5. The van der Waals surface area contributed by atoms with Crippen molar-refractivity contribution in [2.45, 2.75) is 31.6 Å². The van der Waals surface area contributed by atoms with Gasteiger partial charge in [0.25, 0.3) is 0 Å². The molecule has 1 aliphatic carbocycles. The number of anilines is 2. The Hall–Kier alpha value is -2.53. The summed E-state index contributed by atoms with van der Waals surface area (Å²) in [7, 11) is 3.98. The van der Waals surface area contributed by atoms with E-state index in [-0.39, 0.29) is 5.91 Å². The van der Waals surface area contributed by atoms with E-state index < -0.39 is 0 Å². The van der Waals surface area contributed by atoms with Crippen LogP contribution in [0.1, 0.15) is 35.4 Å². The molecule has 0 saturated heterocycles. The first-order valence-electron chi connectivity index (χ1n) is 10.1. The van der Waals surface area contributed by atoms with Crippen LogP contribution in [0.25, 0.3) is 0 Å². The third kappa shape index (κ3) is 3.99. The molecule has 2 N–H and O–H groups in total. The van der Waals surface area contributed by atoms with Gasteiger partial charge in [-0.05, 0) is 73.5 Å².